The third-order valence-electron chi connectivity index (χ3n) is 21.2. The van der Waals surface area contributed by atoms with Gasteiger partial charge in [-0.25, -0.2) is 4.79 Å². The molecule has 133 heavy (non-hydrogen) atoms. The number of unbranched alkanes of at least 4 members (excludes halogenated alkanes) is 4. The number of primary amides is 2. The lowest BCUT2D eigenvalue weighted by Crippen LogP contribution is -2.62. The van der Waals surface area contributed by atoms with E-state index in [-0.39, 0.29) is 76.9 Å². The van der Waals surface area contributed by atoms with Gasteiger partial charge in [-0.05, 0) is 172 Å². The summed E-state index contributed by atoms with van der Waals surface area (Å²) in [6.45, 7) is 10.2. The van der Waals surface area contributed by atoms with E-state index >= 15 is 0 Å². The van der Waals surface area contributed by atoms with Crippen LogP contribution in [0.1, 0.15) is 183 Å². The molecular weight excluding hydrogens is 1780 g/mol. The summed E-state index contributed by atoms with van der Waals surface area (Å²) in [5.74, 6) is -21.1. The molecular formula is C84H146N24O23S2. The molecule has 34 N–H and O–H groups in total. The molecule has 0 aliphatic carbocycles. The van der Waals surface area contributed by atoms with Gasteiger partial charge in [0.15, 0.2) is 0 Å². The summed E-state index contributed by atoms with van der Waals surface area (Å²) in [5, 5.41) is 72.4. The first-order valence-electron chi connectivity index (χ1n) is 44.7. The Balaban J connectivity index is 3.45. The topological polar surface area (TPSA) is 789 Å². The Bertz CT molecular complexity index is 3940. The largest absolute Gasteiger partial charge is 0.480 e. The molecule has 19 amide bonds. The summed E-state index contributed by atoms with van der Waals surface area (Å²) in [4.78, 5) is 272. The molecule has 0 spiro atoms. The fourth-order valence-corrected chi connectivity index (χ4v) is 13.7. The minimum atomic E-state index is -1.93. The number of carboxylic acids is 1. The van der Waals surface area contributed by atoms with Crippen LogP contribution in [0.3, 0.4) is 0 Å². The van der Waals surface area contributed by atoms with Crippen molar-refractivity contribution in [1.29, 1.82) is 0 Å². The number of hydrogen-bond donors (Lipinski definition) is 28. The minimum Gasteiger partial charge on any atom is -0.480 e. The van der Waals surface area contributed by atoms with E-state index in [0.717, 1.165) is 6.92 Å². The summed E-state index contributed by atoms with van der Waals surface area (Å²) in [6.07, 6.45) is 1.72. The average molecular weight is 1920 g/mol. The number of thiol groups is 1. The maximum atomic E-state index is 14.5. The van der Waals surface area contributed by atoms with Gasteiger partial charge in [-0.2, -0.15) is 24.4 Å². The smallest absolute Gasteiger partial charge is 0.326 e. The Hall–Kier alpha value is -11.0. The van der Waals surface area contributed by atoms with Crippen molar-refractivity contribution in [3.05, 3.63) is 35.9 Å². The van der Waals surface area contributed by atoms with Crippen molar-refractivity contribution < 1.29 is 111 Å². The number of aliphatic hydroxyl groups excluding tert-OH is 2. The molecule has 0 unspecified atom stereocenters. The van der Waals surface area contributed by atoms with Gasteiger partial charge >= 0.3 is 5.97 Å². The van der Waals surface area contributed by atoms with Crippen molar-refractivity contribution in [3.63, 3.8) is 0 Å². The molecule has 47 nitrogen and oxygen atoms in total. The lowest BCUT2D eigenvalue weighted by Gasteiger charge is -2.29. The second-order valence-corrected chi connectivity index (χ2v) is 34.2. The predicted octanol–water partition coefficient (Wildman–Crippen LogP) is -8.35. The number of carbonyl (C=O) groups is 20. The zero-order chi connectivity index (χ0) is 101. The highest BCUT2D eigenvalue weighted by molar-refractivity contribution is 7.98. The molecule has 0 bridgehead atoms. The molecule has 0 saturated carbocycles. The molecule has 0 aromatic heterocycles. The molecule has 1 rings (SSSR count). The minimum absolute atomic E-state index is 0.00687. The molecule has 1 aromatic rings. The summed E-state index contributed by atoms with van der Waals surface area (Å²) < 4.78 is 0. The van der Waals surface area contributed by atoms with E-state index in [0.29, 0.717) is 75.6 Å². The van der Waals surface area contributed by atoms with Crippen LogP contribution in [0.4, 0.5) is 0 Å². The molecule has 0 radical (unpaired) electrons. The molecule has 0 aliphatic heterocycles. The van der Waals surface area contributed by atoms with E-state index in [9.17, 15) is 111 Å². The number of amides is 19. The number of rotatable bonds is 70. The number of benzene rings is 1. The number of carbonyl (C=O) groups excluding carboxylic acids is 19. The van der Waals surface area contributed by atoms with Gasteiger partial charge in [-0.15, -0.1) is 0 Å². The van der Waals surface area contributed by atoms with Gasteiger partial charge in [0.05, 0.1) is 44.8 Å². The molecule has 752 valence electrons. The molecule has 0 aliphatic rings. The van der Waals surface area contributed by atoms with Gasteiger partial charge < -0.3 is 146 Å². The monoisotopic (exact) mass is 1920 g/mol. The summed E-state index contributed by atoms with van der Waals surface area (Å²) in [7, 11) is 0. The van der Waals surface area contributed by atoms with Crippen LogP contribution < -0.4 is 131 Å². The summed E-state index contributed by atoms with van der Waals surface area (Å²) in [6, 6.07) is -14.3. The van der Waals surface area contributed by atoms with Crippen LogP contribution in [0, 0.1) is 17.8 Å². The first-order chi connectivity index (χ1) is 62.9. The Morgan fingerprint density at radius 3 is 1.20 bits per heavy atom. The fourth-order valence-electron chi connectivity index (χ4n) is 13.0. The molecule has 0 heterocycles. The van der Waals surface area contributed by atoms with Crippen molar-refractivity contribution in [2.75, 3.05) is 70.2 Å². The molecule has 1 aromatic carbocycles. The van der Waals surface area contributed by atoms with E-state index in [4.69, 9.17) is 40.1 Å². The lowest BCUT2D eigenvalue weighted by molar-refractivity contribution is -0.143. The van der Waals surface area contributed by atoms with Crippen LogP contribution in [0.25, 0.3) is 0 Å². The predicted molar refractivity (Wildman–Crippen MR) is 495 cm³/mol. The number of hydrogen-bond acceptors (Lipinski definition) is 29. The van der Waals surface area contributed by atoms with Crippen molar-refractivity contribution in [1.82, 2.24) is 90.4 Å². The van der Waals surface area contributed by atoms with Crippen LogP contribution in [-0.4, -0.2) is 300 Å². The van der Waals surface area contributed by atoms with E-state index in [1.807, 2.05) is 6.26 Å². The number of aliphatic hydroxyl groups is 2. The van der Waals surface area contributed by atoms with Crippen molar-refractivity contribution >= 4 is 143 Å². The van der Waals surface area contributed by atoms with E-state index in [2.05, 4.69) is 103 Å². The number of aliphatic carboxylic acids is 1. The van der Waals surface area contributed by atoms with Gasteiger partial charge in [0.1, 0.15) is 84.6 Å². The van der Waals surface area contributed by atoms with Crippen LogP contribution >= 0.6 is 24.4 Å². The highest BCUT2D eigenvalue weighted by Crippen LogP contribution is 2.17. The van der Waals surface area contributed by atoms with Crippen molar-refractivity contribution in [2.45, 2.75) is 281 Å². The normalized spacial score (nSPS) is 15.2. The fraction of sp³-hybridized carbons (Fsp3) is 0.690. The van der Waals surface area contributed by atoms with E-state index < -0.39 is 278 Å². The van der Waals surface area contributed by atoms with Crippen LogP contribution in [-0.2, 0) is 102 Å². The second-order valence-electron chi connectivity index (χ2n) is 32.9. The van der Waals surface area contributed by atoms with Gasteiger partial charge in [0.2, 0.25) is 112 Å². The zero-order valence-corrected chi connectivity index (χ0v) is 79.2. The highest BCUT2D eigenvalue weighted by atomic mass is 32.2. The first kappa shape index (κ1) is 120. The van der Waals surface area contributed by atoms with E-state index in [1.165, 1.54) is 18.7 Å². The van der Waals surface area contributed by atoms with Crippen molar-refractivity contribution in [2.24, 2.45) is 57.9 Å². The maximum absolute atomic E-state index is 14.5. The van der Waals surface area contributed by atoms with E-state index in [1.54, 1.807) is 71.9 Å². The van der Waals surface area contributed by atoms with Gasteiger partial charge in [0, 0.05) is 18.6 Å². The molecule has 49 heteroatoms. The van der Waals surface area contributed by atoms with Crippen molar-refractivity contribution in [3.8, 4) is 0 Å². The second kappa shape index (κ2) is 66.4. The Labute approximate surface area is 785 Å². The van der Waals surface area contributed by atoms with Crippen LogP contribution in [0.2, 0.25) is 0 Å². The van der Waals surface area contributed by atoms with Gasteiger partial charge in [-0.1, -0.05) is 84.7 Å². The Morgan fingerprint density at radius 2 is 0.759 bits per heavy atom. The SMILES string of the molecule is CC[C@H](C)[C@H](NC(=O)CNC(=O)[C@H](CCCCN)NC(=O)CNC(=O)[C@H](CCCCN)NC(=O)[C@@H](NC(=O)[C@H](CC(C)C)NC(=O)CNC(=O)[C@H](CCCCN)NC(=O)[C@H](C)NC(=O)[C@@H](N)CCSC)[C@@H](C)CC)C(=O)N[C@@H](CC(N)=O)C(=O)N[C@@H](Cc1ccccc1)C(=O)N[C@@H](CCC(N)=O)C(=O)N[C@@H](CO)C(=O)N[C@@H](CS)C(=O)N[C@H](C(=O)N[C@@H](CCCCN)C(=O)O)[C@@H](C)O. The molecule has 0 fully saturated rings. The highest BCUT2D eigenvalue weighted by Gasteiger charge is 2.40. The van der Waals surface area contributed by atoms with Gasteiger partial charge in [-0.3, -0.25) is 91.1 Å². The standard InChI is InChI=1S/C84H146N24O23S2/c1-10-46(5)67(81(127)103-59(39-63(91)112)77(123)102-58(38-50-23-13-12-14-24-50)76(122)99-55(29-30-62(90)111)75(121)104-60(43-109)79(125)105-61(44-132)80(126)108-69(49(8)110)83(129)101-56(84(130)131)28-18-22-35-88)106-66(115)42-94-72(118)52(25-15-19-32-85)96-64(113)40-92-74(120)54(27-17-21-34-87)100-82(128)68(47(6)11-2)107-78(124)57(37-45(3)4)97-65(114)41-93-73(119)53(26-16-20-33-86)98-70(116)48(7)95-71(117)51(89)31-36-133-9/h12-14,23-24,45-49,51-61,67-69,109-110,132H,10-11,15-22,25-44,85-89H2,1-9H3,(H2,90,111)(H2,91,112)(H,92,120)(H,93,119)(H,94,118)(H,95,117)(H,96,113)(H,97,114)(H,98,116)(H,99,122)(H,100,128)(H,101,129)(H,102,123)(H,103,127)(H,104,121)(H,105,125)(H,106,115)(H,107,124)(H,108,126)(H,130,131)/t46-,47-,48-,49+,51-,52-,53-,54-,55-,56-,57-,58-,59-,60-,61-,67-,68-,69-/m0/s1. The molecule has 0 saturated heterocycles. The number of carboxylic acid groups (broad SMARTS) is 1. The Kier molecular flexibility index (Phi) is 60.0. The zero-order valence-electron chi connectivity index (χ0n) is 77.5. The third kappa shape index (κ3) is 48.0. The lowest BCUT2D eigenvalue weighted by atomic mass is 9.96. The quantitative estimate of drug-likeness (QED) is 0.0213. The number of nitrogens with one attached hydrogen (secondary N) is 17. The third-order valence-corrected chi connectivity index (χ3v) is 22.2. The number of thioether (sulfide) groups is 1. The first-order valence-corrected chi connectivity index (χ1v) is 46.8. The molecule has 18 atom stereocenters. The maximum Gasteiger partial charge on any atom is 0.326 e. The Morgan fingerprint density at radius 1 is 0.391 bits per heavy atom. The average Bonchev–Trinajstić information content (AvgIpc) is 0.848. The van der Waals surface area contributed by atoms with Crippen LogP contribution in [0.5, 0.6) is 0 Å². The van der Waals surface area contributed by atoms with Crippen LogP contribution in [0.15, 0.2) is 30.3 Å². The van der Waals surface area contributed by atoms with Gasteiger partial charge in [0.25, 0.3) is 0 Å². The summed E-state index contributed by atoms with van der Waals surface area (Å²) in [5.41, 5.74) is 40.2. The number of nitrogens with two attached hydrogens (primary N) is 7. The summed E-state index contributed by atoms with van der Waals surface area (Å²) >= 11 is 5.60.